The summed E-state index contributed by atoms with van der Waals surface area (Å²) in [5.41, 5.74) is 3.98. The SMILES string of the molecule is CC(C)c1cccc(C(=O)Nc2ccc(N3CCCCC3)cc2)c1. The molecule has 0 atom stereocenters. The van der Waals surface area contributed by atoms with Crippen LogP contribution in [0.4, 0.5) is 11.4 Å². The highest BCUT2D eigenvalue weighted by Crippen LogP contribution is 2.22. The van der Waals surface area contributed by atoms with Gasteiger partial charge in [-0.2, -0.15) is 0 Å². The molecule has 0 spiro atoms. The van der Waals surface area contributed by atoms with Gasteiger partial charge in [0.05, 0.1) is 0 Å². The Balaban J connectivity index is 1.67. The largest absolute Gasteiger partial charge is 0.372 e. The molecule has 1 N–H and O–H groups in total. The number of rotatable bonds is 4. The molecule has 0 aliphatic carbocycles. The molecule has 1 saturated heterocycles. The fraction of sp³-hybridized carbons (Fsp3) is 0.381. The number of anilines is 2. The molecule has 1 heterocycles. The van der Waals surface area contributed by atoms with Crippen molar-refractivity contribution in [3.8, 4) is 0 Å². The van der Waals surface area contributed by atoms with Crippen LogP contribution in [0, 0.1) is 0 Å². The van der Waals surface area contributed by atoms with E-state index in [9.17, 15) is 4.79 Å². The maximum Gasteiger partial charge on any atom is 0.255 e. The lowest BCUT2D eigenvalue weighted by molar-refractivity contribution is 0.102. The summed E-state index contributed by atoms with van der Waals surface area (Å²) in [4.78, 5) is 14.9. The number of nitrogens with one attached hydrogen (secondary N) is 1. The summed E-state index contributed by atoms with van der Waals surface area (Å²) in [5.74, 6) is 0.366. The first kappa shape index (κ1) is 16.6. The van der Waals surface area contributed by atoms with Crippen LogP contribution in [0.3, 0.4) is 0 Å². The van der Waals surface area contributed by atoms with Crippen LogP contribution in [0.25, 0.3) is 0 Å². The van der Waals surface area contributed by atoms with Gasteiger partial charge in [0.2, 0.25) is 0 Å². The molecule has 2 aromatic rings. The second kappa shape index (κ2) is 7.52. The Kier molecular flexibility index (Phi) is 5.19. The van der Waals surface area contributed by atoms with Crippen LogP contribution in [0.5, 0.6) is 0 Å². The second-order valence-electron chi connectivity index (χ2n) is 6.83. The first-order chi connectivity index (χ1) is 11.6. The van der Waals surface area contributed by atoms with Crippen molar-refractivity contribution < 1.29 is 4.79 Å². The standard InChI is InChI=1S/C21H26N2O/c1-16(2)17-7-6-8-18(15-17)21(24)22-19-9-11-20(12-10-19)23-13-4-3-5-14-23/h6-12,15-16H,3-5,13-14H2,1-2H3,(H,22,24). The van der Waals surface area contributed by atoms with E-state index in [1.165, 1.54) is 30.5 Å². The summed E-state index contributed by atoms with van der Waals surface area (Å²) in [7, 11) is 0. The minimum Gasteiger partial charge on any atom is -0.372 e. The van der Waals surface area contributed by atoms with E-state index in [0.29, 0.717) is 11.5 Å². The van der Waals surface area contributed by atoms with Crippen molar-refractivity contribution in [2.24, 2.45) is 0 Å². The lowest BCUT2D eigenvalue weighted by Gasteiger charge is -2.28. The van der Waals surface area contributed by atoms with Crippen LogP contribution in [0.2, 0.25) is 0 Å². The highest BCUT2D eigenvalue weighted by Gasteiger charge is 2.12. The van der Waals surface area contributed by atoms with Crippen molar-refractivity contribution in [2.75, 3.05) is 23.3 Å². The van der Waals surface area contributed by atoms with Gasteiger partial charge in [0.15, 0.2) is 0 Å². The average molecular weight is 322 g/mol. The number of hydrogen-bond donors (Lipinski definition) is 1. The summed E-state index contributed by atoms with van der Waals surface area (Å²) >= 11 is 0. The van der Waals surface area contributed by atoms with E-state index in [0.717, 1.165) is 18.8 Å². The normalized spacial score (nSPS) is 14.7. The Bertz CT molecular complexity index is 685. The number of nitrogens with zero attached hydrogens (tertiary/aromatic N) is 1. The van der Waals surface area contributed by atoms with Gasteiger partial charge in [0.1, 0.15) is 0 Å². The van der Waals surface area contributed by atoms with Crippen LogP contribution in [-0.2, 0) is 0 Å². The minimum absolute atomic E-state index is 0.0526. The van der Waals surface area contributed by atoms with Crippen LogP contribution >= 0.6 is 0 Å². The summed E-state index contributed by atoms with van der Waals surface area (Å²) in [6.07, 6.45) is 3.87. The molecule has 3 heteroatoms. The Morgan fingerprint density at radius 2 is 1.71 bits per heavy atom. The van der Waals surface area contributed by atoms with Crippen molar-refractivity contribution in [3.63, 3.8) is 0 Å². The van der Waals surface area contributed by atoms with Crippen molar-refractivity contribution in [1.29, 1.82) is 0 Å². The van der Waals surface area contributed by atoms with Crippen molar-refractivity contribution in [3.05, 3.63) is 59.7 Å². The van der Waals surface area contributed by atoms with Gasteiger partial charge in [-0.05, 0) is 67.1 Å². The molecule has 0 unspecified atom stereocenters. The predicted octanol–water partition coefficient (Wildman–Crippen LogP) is 5.05. The van der Waals surface area contributed by atoms with Crippen molar-refractivity contribution in [2.45, 2.75) is 39.0 Å². The Morgan fingerprint density at radius 1 is 1.00 bits per heavy atom. The topological polar surface area (TPSA) is 32.3 Å². The molecule has 2 aromatic carbocycles. The van der Waals surface area contributed by atoms with E-state index in [1.54, 1.807) is 0 Å². The summed E-state index contributed by atoms with van der Waals surface area (Å²) < 4.78 is 0. The number of benzene rings is 2. The molecule has 1 amide bonds. The molecule has 3 nitrogen and oxygen atoms in total. The van der Waals surface area contributed by atoms with Crippen LogP contribution in [-0.4, -0.2) is 19.0 Å². The monoisotopic (exact) mass is 322 g/mol. The molecule has 0 aromatic heterocycles. The lowest BCUT2D eigenvalue weighted by Crippen LogP contribution is -2.29. The zero-order valence-electron chi connectivity index (χ0n) is 14.6. The highest BCUT2D eigenvalue weighted by atomic mass is 16.1. The molecule has 24 heavy (non-hydrogen) atoms. The van der Waals surface area contributed by atoms with E-state index in [1.807, 2.05) is 30.3 Å². The van der Waals surface area contributed by atoms with Gasteiger partial charge in [0, 0.05) is 30.0 Å². The zero-order chi connectivity index (χ0) is 16.9. The molecular weight excluding hydrogens is 296 g/mol. The van der Waals surface area contributed by atoms with E-state index in [4.69, 9.17) is 0 Å². The maximum absolute atomic E-state index is 12.5. The Morgan fingerprint density at radius 3 is 2.38 bits per heavy atom. The first-order valence-corrected chi connectivity index (χ1v) is 8.90. The van der Waals surface area contributed by atoms with E-state index < -0.39 is 0 Å². The number of piperidine rings is 1. The number of hydrogen-bond acceptors (Lipinski definition) is 2. The van der Waals surface area contributed by atoms with Gasteiger partial charge in [-0.25, -0.2) is 0 Å². The lowest BCUT2D eigenvalue weighted by atomic mass is 10.0. The summed E-state index contributed by atoms with van der Waals surface area (Å²) in [6, 6.07) is 16.0. The van der Waals surface area contributed by atoms with Gasteiger partial charge in [-0.1, -0.05) is 26.0 Å². The maximum atomic E-state index is 12.5. The summed E-state index contributed by atoms with van der Waals surface area (Å²) in [6.45, 7) is 6.54. The molecule has 1 aliphatic heterocycles. The fourth-order valence-corrected chi connectivity index (χ4v) is 3.15. The molecule has 0 radical (unpaired) electrons. The van der Waals surface area contributed by atoms with Gasteiger partial charge < -0.3 is 10.2 Å². The van der Waals surface area contributed by atoms with E-state index in [-0.39, 0.29) is 5.91 Å². The Hall–Kier alpha value is -2.29. The van der Waals surface area contributed by atoms with Crippen LogP contribution in [0.15, 0.2) is 48.5 Å². The molecule has 126 valence electrons. The third-order valence-corrected chi connectivity index (χ3v) is 4.66. The molecule has 3 rings (SSSR count). The predicted molar refractivity (Wildman–Crippen MR) is 101 cm³/mol. The second-order valence-corrected chi connectivity index (χ2v) is 6.83. The minimum atomic E-state index is -0.0526. The third kappa shape index (κ3) is 3.97. The third-order valence-electron chi connectivity index (χ3n) is 4.66. The number of carbonyl (C=O) groups excluding carboxylic acids is 1. The Labute approximate surface area is 144 Å². The number of amides is 1. The van der Waals surface area contributed by atoms with Gasteiger partial charge >= 0.3 is 0 Å². The van der Waals surface area contributed by atoms with Gasteiger partial charge in [0.25, 0.3) is 5.91 Å². The van der Waals surface area contributed by atoms with Gasteiger partial charge in [-0.3, -0.25) is 4.79 Å². The first-order valence-electron chi connectivity index (χ1n) is 8.90. The summed E-state index contributed by atoms with van der Waals surface area (Å²) in [5, 5.41) is 3.00. The fourth-order valence-electron chi connectivity index (χ4n) is 3.15. The smallest absolute Gasteiger partial charge is 0.255 e. The van der Waals surface area contributed by atoms with Gasteiger partial charge in [-0.15, -0.1) is 0 Å². The highest BCUT2D eigenvalue weighted by molar-refractivity contribution is 6.04. The van der Waals surface area contributed by atoms with E-state index in [2.05, 4.69) is 42.3 Å². The molecular formula is C21H26N2O. The average Bonchev–Trinajstić information content (AvgIpc) is 2.63. The zero-order valence-corrected chi connectivity index (χ0v) is 14.6. The van der Waals surface area contributed by atoms with Crippen molar-refractivity contribution in [1.82, 2.24) is 0 Å². The van der Waals surface area contributed by atoms with Crippen LogP contribution in [0.1, 0.15) is 54.9 Å². The molecule has 0 bridgehead atoms. The molecule has 0 saturated carbocycles. The van der Waals surface area contributed by atoms with Crippen molar-refractivity contribution >= 4 is 17.3 Å². The van der Waals surface area contributed by atoms with Crippen LogP contribution < -0.4 is 10.2 Å². The van der Waals surface area contributed by atoms with E-state index >= 15 is 0 Å². The number of carbonyl (C=O) groups is 1. The quantitative estimate of drug-likeness (QED) is 0.854. The molecule has 1 fully saturated rings. The molecule has 1 aliphatic rings.